The molecular weight excluding hydrogens is 230 g/mol. The fraction of sp³-hybridized carbons (Fsp3) is 0.400. The topological polar surface area (TPSA) is 62.5 Å². The quantitative estimate of drug-likeness (QED) is 0.842. The first-order valence-corrected chi connectivity index (χ1v) is 5.09. The Balaban J connectivity index is 2.18. The van der Waals surface area contributed by atoms with E-state index in [0.717, 1.165) is 5.69 Å². The number of nitrogens with one attached hydrogen (secondary N) is 1. The van der Waals surface area contributed by atoms with Crippen molar-refractivity contribution in [3.63, 3.8) is 0 Å². The van der Waals surface area contributed by atoms with E-state index < -0.39 is 12.5 Å². The van der Waals surface area contributed by atoms with E-state index in [1.54, 1.807) is 16.8 Å². The van der Waals surface area contributed by atoms with Crippen LogP contribution >= 0.6 is 0 Å². The highest BCUT2D eigenvalue weighted by Gasteiger charge is 2.17. The molecule has 2 N–H and O–H groups in total. The summed E-state index contributed by atoms with van der Waals surface area (Å²) in [5, 5.41) is 15.8. The van der Waals surface area contributed by atoms with Crippen molar-refractivity contribution < 1.29 is 13.9 Å². The van der Waals surface area contributed by atoms with Crippen molar-refractivity contribution in [3.8, 4) is 0 Å². The second-order valence-corrected chi connectivity index (χ2v) is 3.67. The molecule has 5 nitrogen and oxygen atoms in total. The number of aliphatic hydroxyl groups excluding tert-OH is 1. The first-order valence-electron chi connectivity index (χ1n) is 5.09. The molecule has 2 rings (SSSR count). The minimum Gasteiger partial charge on any atom is -0.385 e. The zero-order chi connectivity index (χ0) is 12.4. The lowest BCUT2D eigenvalue weighted by molar-refractivity contribution is 0.00382. The van der Waals surface area contributed by atoms with Crippen LogP contribution in [-0.2, 0) is 0 Å². The molecule has 0 aliphatic carbocycles. The number of fused-ring (bicyclic) bond motifs is 1. The first-order chi connectivity index (χ1) is 8.08. The normalized spacial score (nSPS) is 13.2. The average molecular weight is 242 g/mol. The Bertz CT molecular complexity index is 514. The summed E-state index contributed by atoms with van der Waals surface area (Å²) < 4.78 is 25.8. The largest absolute Gasteiger partial charge is 0.385 e. The molecule has 2 aromatic rings. The van der Waals surface area contributed by atoms with Crippen LogP contribution in [0, 0.1) is 6.92 Å². The van der Waals surface area contributed by atoms with E-state index >= 15 is 0 Å². The van der Waals surface area contributed by atoms with Crippen LogP contribution < -0.4 is 5.32 Å². The van der Waals surface area contributed by atoms with Crippen molar-refractivity contribution in [2.24, 2.45) is 0 Å². The van der Waals surface area contributed by atoms with Crippen molar-refractivity contribution in [2.45, 2.75) is 19.5 Å². The SMILES string of the molecule is Cc1cc2c(NCC(O)C(F)F)nccn2n1. The predicted octanol–water partition coefficient (Wildman–Crippen LogP) is 1.08. The van der Waals surface area contributed by atoms with Gasteiger partial charge in [-0.15, -0.1) is 0 Å². The van der Waals surface area contributed by atoms with Gasteiger partial charge in [0.2, 0.25) is 0 Å². The van der Waals surface area contributed by atoms with Gasteiger partial charge in [0.25, 0.3) is 6.43 Å². The number of rotatable bonds is 4. The summed E-state index contributed by atoms with van der Waals surface area (Å²) in [4.78, 5) is 4.02. The molecule has 0 aliphatic rings. The van der Waals surface area contributed by atoms with Crippen LogP contribution in [0.5, 0.6) is 0 Å². The second kappa shape index (κ2) is 4.62. The Kier molecular flexibility index (Phi) is 3.19. The van der Waals surface area contributed by atoms with Crippen LogP contribution in [0.1, 0.15) is 5.69 Å². The minimum atomic E-state index is -2.77. The van der Waals surface area contributed by atoms with Crippen molar-refractivity contribution in [3.05, 3.63) is 24.2 Å². The summed E-state index contributed by atoms with van der Waals surface area (Å²) in [6.45, 7) is 1.57. The highest BCUT2D eigenvalue weighted by Crippen LogP contribution is 2.14. The summed E-state index contributed by atoms with van der Waals surface area (Å²) in [5.74, 6) is 0.424. The third-order valence-electron chi connectivity index (χ3n) is 2.28. The summed E-state index contributed by atoms with van der Waals surface area (Å²) in [6, 6.07) is 1.78. The maximum atomic E-state index is 12.1. The Hall–Kier alpha value is -1.76. The number of nitrogens with zero attached hydrogens (tertiary/aromatic N) is 3. The molecule has 1 atom stereocenters. The summed E-state index contributed by atoms with van der Waals surface area (Å²) in [6.07, 6.45) is -1.30. The van der Waals surface area contributed by atoms with Gasteiger partial charge >= 0.3 is 0 Å². The second-order valence-electron chi connectivity index (χ2n) is 3.67. The number of hydrogen-bond donors (Lipinski definition) is 2. The van der Waals surface area contributed by atoms with Gasteiger partial charge in [-0.25, -0.2) is 18.3 Å². The molecule has 0 saturated heterocycles. The summed E-state index contributed by atoms with van der Waals surface area (Å²) in [7, 11) is 0. The smallest absolute Gasteiger partial charge is 0.265 e. The zero-order valence-corrected chi connectivity index (χ0v) is 9.14. The molecule has 0 amide bonds. The predicted molar refractivity (Wildman–Crippen MR) is 58.2 cm³/mol. The van der Waals surface area contributed by atoms with Gasteiger partial charge in [0.15, 0.2) is 5.82 Å². The molecule has 0 fully saturated rings. The van der Waals surface area contributed by atoms with Crippen molar-refractivity contribution >= 4 is 11.3 Å². The fourth-order valence-electron chi connectivity index (χ4n) is 1.47. The number of aryl methyl sites for hydroxylation is 1. The highest BCUT2D eigenvalue weighted by molar-refractivity contribution is 5.67. The van der Waals surface area contributed by atoms with Crippen molar-refractivity contribution in [1.82, 2.24) is 14.6 Å². The number of halogens is 2. The number of alkyl halides is 2. The lowest BCUT2D eigenvalue weighted by Crippen LogP contribution is -2.27. The fourth-order valence-corrected chi connectivity index (χ4v) is 1.47. The van der Waals surface area contributed by atoms with Crippen LogP contribution in [-0.4, -0.2) is 38.8 Å². The van der Waals surface area contributed by atoms with Gasteiger partial charge < -0.3 is 10.4 Å². The van der Waals surface area contributed by atoms with Gasteiger partial charge in [-0.1, -0.05) is 0 Å². The monoisotopic (exact) mass is 242 g/mol. The van der Waals surface area contributed by atoms with E-state index in [1.807, 2.05) is 6.92 Å². The van der Waals surface area contributed by atoms with Crippen LogP contribution in [0.3, 0.4) is 0 Å². The molecule has 2 aromatic heterocycles. The Labute approximate surface area is 96.1 Å². The molecule has 17 heavy (non-hydrogen) atoms. The van der Waals surface area contributed by atoms with Gasteiger partial charge in [0.05, 0.1) is 5.69 Å². The Morgan fingerprint density at radius 2 is 2.29 bits per heavy atom. The van der Waals surface area contributed by atoms with E-state index in [9.17, 15) is 8.78 Å². The van der Waals surface area contributed by atoms with E-state index in [1.165, 1.54) is 6.20 Å². The number of anilines is 1. The summed E-state index contributed by atoms with van der Waals surface area (Å²) in [5.41, 5.74) is 1.49. The molecule has 7 heteroatoms. The van der Waals surface area contributed by atoms with Gasteiger partial charge in [0.1, 0.15) is 11.6 Å². The maximum Gasteiger partial charge on any atom is 0.265 e. The van der Waals surface area contributed by atoms with Gasteiger partial charge in [-0.3, -0.25) is 0 Å². The molecule has 1 unspecified atom stereocenters. The molecular formula is C10H12F2N4O. The van der Waals surface area contributed by atoms with Crippen LogP contribution in [0.2, 0.25) is 0 Å². The molecule has 92 valence electrons. The molecule has 0 aliphatic heterocycles. The number of aliphatic hydroxyl groups is 1. The van der Waals surface area contributed by atoms with Gasteiger partial charge in [-0.2, -0.15) is 5.10 Å². The number of aromatic nitrogens is 3. The molecule has 0 radical (unpaired) electrons. The molecule has 0 bridgehead atoms. The lowest BCUT2D eigenvalue weighted by Gasteiger charge is -2.11. The molecule has 2 heterocycles. The highest BCUT2D eigenvalue weighted by atomic mass is 19.3. The summed E-state index contributed by atoms with van der Waals surface area (Å²) >= 11 is 0. The Morgan fingerprint density at radius 1 is 1.53 bits per heavy atom. The molecule has 0 saturated carbocycles. The van der Waals surface area contributed by atoms with Crippen molar-refractivity contribution in [1.29, 1.82) is 0 Å². The number of hydrogen-bond acceptors (Lipinski definition) is 4. The maximum absolute atomic E-state index is 12.1. The first kappa shape index (κ1) is 11.7. The average Bonchev–Trinajstić information content (AvgIpc) is 2.66. The van der Waals surface area contributed by atoms with E-state index in [0.29, 0.717) is 11.3 Å². The van der Waals surface area contributed by atoms with Gasteiger partial charge in [-0.05, 0) is 13.0 Å². The minimum absolute atomic E-state index is 0.255. The molecule has 0 aromatic carbocycles. The lowest BCUT2D eigenvalue weighted by atomic mass is 10.3. The van der Waals surface area contributed by atoms with Crippen molar-refractivity contribution in [2.75, 3.05) is 11.9 Å². The van der Waals surface area contributed by atoms with Gasteiger partial charge in [0, 0.05) is 18.9 Å². The zero-order valence-electron chi connectivity index (χ0n) is 9.14. The van der Waals surface area contributed by atoms with E-state index in [-0.39, 0.29) is 6.54 Å². The molecule has 0 spiro atoms. The van der Waals surface area contributed by atoms with Crippen LogP contribution in [0.4, 0.5) is 14.6 Å². The van der Waals surface area contributed by atoms with E-state index in [4.69, 9.17) is 5.11 Å². The van der Waals surface area contributed by atoms with Crippen LogP contribution in [0.15, 0.2) is 18.5 Å². The third kappa shape index (κ3) is 2.50. The van der Waals surface area contributed by atoms with E-state index in [2.05, 4.69) is 15.4 Å². The van der Waals surface area contributed by atoms with Crippen LogP contribution in [0.25, 0.3) is 5.52 Å². The third-order valence-corrected chi connectivity index (χ3v) is 2.28. The standard InChI is InChI=1S/C10H12F2N4O/c1-6-4-7-10(13-2-3-16(7)15-6)14-5-8(17)9(11)12/h2-4,8-9,17H,5H2,1H3,(H,13,14). The Morgan fingerprint density at radius 3 is 3.00 bits per heavy atom.